The second kappa shape index (κ2) is 11.0. The standard InChI is InChI=1S/C26H30N4O4/c1-19(31)29-26(17-9-2-3-10-18-26)25-28-24(34-30-25)16-15-23(32)27-21-13-7-8-14-22(21)33-20-11-5-4-6-12-20/h4-8,11-14H,2-3,9-10,15-18H2,1H3,(H,27,32)(H,29,31). The number of anilines is 1. The number of carbonyl (C=O) groups excluding carboxylic acids is 2. The molecule has 178 valence electrons. The van der Waals surface area contributed by atoms with Crippen molar-refractivity contribution in [3.8, 4) is 11.5 Å². The Hall–Kier alpha value is -3.68. The average Bonchev–Trinajstić information content (AvgIpc) is 3.19. The van der Waals surface area contributed by atoms with Crippen molar-refractivity contribution in [3.63, 3.8) is 0 Å². The maximum atomic E-state index is 12.6. The van der Waals surface area contributed by atoms with Gasteiger partial charge in [0.2, 0.25) is 17.7 Å². The number of aryl methyl sites for hydroxylation is 1. The number of nitrogens with zero attached hydrogens (tertiary/aromatic N) is 2. The lowest BCUT2D eigenvalue weighted by atomic mass is 9.89. The van der Waals surface area contributed by atoms with Gasteiger partial charge in [-0.25, -0.2) is 0 Å². The first kappa shape index (κ1) is 23.5. The molecule has 1 aliphatic carbocycles. The Labute approximate surface area is 199 Å². The molecule has 8 nitrogen and oxygen atoms in total. The predicted octanol–water partition coefficient (Wildman–Crippen LogP) is 5.12. The molecule has 34 heavy (non-hydrogen) atoms. The predicted molar refractivity (Wildman–Crippen MR) is 127 cm³/mol. The molecule has 4 rings (SSSR count). The summed E-state index contributed by atoms with van der Waals surface area (Å²) in [5, 5.41) is 10.2. The summed E-state index contributed by atoms with van der Waals surface area (Å²) >= 11 is 0. The van der Waals surface area contributed by atoms with Crippen molar-refractivity contribution in [2.24, 2.45) is 0 Å². The van der Waals surface area contributed by atoms with Crippen LogP contribution < -0.4 is 15.4 Å². The number of hydrogen-bond donors (Lipinski definition) is 2. The molecule has 3 aromatic rings. The Balaban J connectivity index is 1.38. The van der Waals surface area contributed by atoms with E-state index in [4.69, 9.17) is 9.26 Å². The first-order valence-corrected chi connectivity index (χ1v) is 11.8. The van der Waals surface area contributed by atoms with Crippen LogP contribution in [0.25, 0.3) is 0 Å². The van der Waals surface area contributed by atoms with E-state index in [-0.39, 0.29) is 18.2 Å². The molecule has 0 radical (unpaired) electrons. The molecular weight excluding hydrogens is 432 g/mol. The van der Waals surface area contributed by atoms with Crippen LogP contribution in [-0.4, -0.2) is 22.0 Å². The second-order valence-electron chi connectivity index (χ2n) is 8.65. The normalized spacial score (nSPS) is 15.2. The topological polar surface area (TPSA) is 106 Å². The number of rotatable bonds is 8. The molecule has 0 saturated heterocycles. The van der Waals surface area contributed by atoms with Gasteiger partial charge in [0.1, 0.15) is 11.3 Å². The third-order valence-electron chi connectivity index (χ3n) is 5.97. The minimum Gasteiger partial charge on any atom is -0.455 e. The van der Waals surface area contributed by atoms with Crippen LogP contribution in [0.5, 0.6) is 11.5 Å². The first-order valence-electron chi connectivity index (χ1n) is 11.8. The van der Waals surface area contributed by atoms with Gasteiger partial charge >= 0.3 is 0 Å². The molecule has 1 fully saturated rings. The Kier molecular flexibility index (Phi) is 7.57. The second-order valence-corrected chi connectivity index (χ2v) is 8.65. The van der Waals surface area contributed by atoms with Crippen LogP contribution in [0.2, 0.25) is 0 Å². The van der Waals surface area contributed by atoms with Gasteiger partial charge in [-0.2, -0.15) is 4.98 Å². The summed E-state index contributed by atoms with van der Waals surface area (Å²) in [6, 6.07) is 16.7. The van der Waals surface area contributed by atoms with Gasteiger partial charge < -0.3 is 19.9 Å². The van der Waals surface area contributed by atoms with Gasteiger partial charge in [-0.05, 0) is 37.1 Å². The van der Waals surface area contributed by atoms with Crippen LogP contribution in [0.1, 0.15) is 63.6 Å². The Morgan fingerprint density at radius 2 is 1.71 bits per heavy atom. The van der Waals surface area contributed by atoms with E-state index in [1.807, 2.05) is 42.5 Å². The quantitative estimate of drug-likeness (QED) is 0.450. The Bertz CT molecular complexity index is 1100. The van der Waals surface area contributed by atoms with Crippen LogP contribution in [0.3, 0.4) is 0 Å². The van der Waals surface area contributed by atoms with Gasteiger partial charge in [0, 0.05) is 19.8 Å². The third kappa shape index (κ3) is 6.01. The maximum absolute atomic E-state index is 12.6. The van der Waals surface area contributed by atoms with Gasteiger partial charge in [0.25, 0.3) is 0 Å². The Morgan fingerprint density at radius 3 is 2.44 bits per heavy atom. The molecule has 1 aliphatic rings. The van der Waals surface area contributed by atoms with E-state index in [2.05, 4.69) is 20.8 Å². The molecule has 2 aromatic carbocycles. The van der Waals surface area contributed by atoms with E-state index in [9.17, 15) is 9.59 Å². The largest absolute Gasteiger partial charge is 0.455 e. The zero-order chi connectivity index (χ0) is 23.8. The highest BCUT2D eigenvalue weighted by Gasteiger charge is 2.38. The molecule has 1 heterocycles. The zero-order valence-corrected chi connectivity index (χ0v) is 19.4. The van der Waals surface area contributed by atoms with Crippen molar-refractivity contribution in [2.45, 2.75) is 63.8 Å². The lowest BCUT2D eigenvalue weighted by Crippen LogP contribution is -2.45. The minimum atomic E-state index is -0.597. The highest BCUT2D eigenvalue weighted by Crippen LogP contribution is 2.35. The summed E-state index contributed by atoms with van der Waals surface area (Å²) in [7, 11) is 0. The number of aromatic nitrogens is 2. The van der Waals surface area contributed by atoms with Crippen molar-refractivity contribution in [1.82, 2.24) is 15.5 Å². The average molecular weight is 463 g/mol. The van der Waals surface area contributed by atoms with E-state index in [0.29, 0.717) is 35.3 Å². The summed E-state index contributed by atoms with van der Waals surface area (Å²) in [6.07, 6.45) is 6.29. The van der Waals surface area contributed by atoms with Gasteiger partial charge in [-0.3, -0.25) is 9.59 Å². The fourth-order valence-corrected chi connectivity index (χ4v) is 4.33. The molecule has 0 bridgehead atoms. The number of ether oxygens (including phenoxy) is 1. The van der Waals surface area contributed by atoms with Crippen LogP contribution >= 0.6 is 0 Å². The van der Waals surface area contributed by atoms with E-state index in [1.54, 1.807) is 12.1 Å². The smallest absolute Gasteiger partial charge is 0.227 e. The number of benzene rings is 2. The highest BCUT2D eigenvalue weighted by molar-refractivity contribution is 5.92. The lowest BCUT2D eigenvalue weighted by molar-refractivity contribution is -0.121. The fraction of sp³-hybridized carbons (Fsp3) is 0.385. The summed E-state index contributed by atoms with van der Waals surface area (Å²) < 4.78 is 11.4. The molecule has 0 atom stereocenters. The van der Waals surface area contributed by atoms with Crippen molar-refractivity contribution in [2.75, 3.05) is 5.32 Å². The minimum absolute atomic E-state index is 0.107. The monoisotopic (exact) mass is 462 g/mol. The van der Waals surface area contributed by atoms with Crippen molar-refractivity contribution in [3.05, 3.63) is 66.3 Å². The molecule has 2 N–H and O–H groups in total. The summed E-state index contributed by atoms with van der Waals surface area (Å²) in [4.78, 5) is 29.1. The van der Waals surface area contributed by atoms with Gasteiger partial charge in [0.05, 0.1) is 5.69 Å². The summed E-state index contributed by atoms with van der Waals surface area (Å²) in [5.74, 6) is 1.84. The molecular formula is C26H30N4O4. The van der Waals surface area contributed by atoms with Crippen LogP contribution in [0, 0.1) is 0 Å². The van der Waals surface area contributed by atoms with E-state index in [0.717, 1.165) is 38.5 Å². The number of amides is 2. The number of carbonyl (C=O) groups is 2. The number of nitrogens with one attached hydrogen (secondary N) is 2. The SMILES string of the molecule is CC(=O)NC1(c2noc(CCC(=O)Nc3ccccc3Oc3ccccc3)n2)CCCCCC1. The first-order chi connectivity index (χ1) is 16.5. The van der Waals surface area contributed by atoms with E-state index in [1.165, 1.54) is 6.92 Å². The highest BCUT2D eigenvalue weighted by atomic mass is 16.5. The molecule has 0 aliphatic heterocycles. The molecule has 2 amide bonds. The van der Waals surface area contributed by atoms with Crippen LogP contribution in [0.4, 0.5) is 5.69 Å². The lowest BCUT2D eigenvalue weighted by Gasteiger charge is -2.30. The molecule has 1 aromatic heterocycles. The molecule has 0 spiro atoms. The number of para-hydroxylation sites is 3. The summed E-state index contributed by atoms with van der Waals surface area (Å²) in [5.41, 5.74) is -0.00861. The van der Waals surface area contributed by atoms with E-state index >= 15 is 0 Å². The number of hydrogen-bond acceptors (Lipinski definition) is 6. The Morgan fingerprint density at radius 1 is 1.00 bits per heavy atom. The van der Waals surface area contributed by atoms with Gasteiger partial charge in [0.15, 0.2) is 11.6 Å². The van der Waals surface area contributed by atoms with Gasteiger partial charge in [-0.1, -0.05) is 61.2 Å². The van der Waals surface area contributed by atoms with Gasteiger partial charge in [-0.15, -0.1) is 0 Å². The van der Waals surface area contributed by atoms with E-state index < -0.39 is 5.54 Å². The van der Waals surface area contributed by atoms with Crippen LogP contribution in [0.15, 0.2) is 59.1 Å². The van der Waals surface area contributed by atoms with Crippen molar-refractivity contribution >= 4 is 17.5 Å². The van der Waals surface area contributed by atoms with Crippen molar-refractivity contribution in [1.29, 1.82) is 0 Å². The van der Waals surface area contributed by atoms with Crippen LogP contribution in [-0.2, 0) is 21.5 Å². The molecule has 1 saturated carbocycles. The fourth-order valence-electron chi connectivity index (χ4n) is 4.33. The zero-order valence-electron chi connectivity index (χ0n) is 19.4. The van der Waals surface area contributed by atoms with Crippen molar-refractivity contribution < 1.29 is 18.8 Å². The third-order valence-corrected chi connectivity index (χ3v) is 5.97. The summed E-state index contributed by atoms with van der Waals surface area (Å²) in [6.45, 7) is 1.51. The maximum Gasteiger partial charge on any atom is 0.227 e. The molecule has 0 unspecified atom stereocenters. The molecule has 8 heteroatoms.